The van der Waals surface area contributed by atoms with Crippen molar-refractivity contribution < 1.29 is 0 Å². The highest BCUT2D eigenvalue weighted by Gasteiger charge is 2.37. The number of nitrogens with one attached hydrogen (secondary N) is 1. The highest BCUT2D eigenvalue weighted by Crippen LogP contribution is 2.46. The van der Waals surface area contributed by atoms with Crippen LogP contribution in [0.25, 0.3) is 10.8 Å². The summed E-state index contributed by atoms with van der Waals surface area (Å²) in [6, 6.07) is 15.5. The third kappa shape index (κ3) is 2.60. The largest absolute Gasteiger partial charge is 0.301 e. The van der Waals surface area contributed by atoms with E-state index < -0.39 is 0 Å². The van der Waals surface area contributed by atoms with Crippen LogP contribution in [0.2, 0.25) is 0 Å². The first-order chi connectivity index (χ1) is 10.4. The molecule has 1 spiro atoms. The first-order valence-corrected chi connectivity index (χ1v) is 9.24. The smallest absolute Gasteiger partial charge is 0.0795 e. The normalized spacial score (nSPS) is 25.2. The molecule has 1 unspecified atom stereocenters. The molecular formula is C19H23NS. The lowest BCUT2D eigenvalue weighted by molar-refractivity contribution is 0.205. The fraction of sp³-hybridized carbons (Fsp3) is 0.474. The van der Waals surface area contributed by atoms with Gasteiger partial charge in [-0.3, -0.25) is 0 Å². The zero-order valence-corrected chi connectivity index (χ0v) is 13.3. The predicted molar refractivity (Wildman–Crippen MR) is 92.7 cm³/mol. The maximum atomic E-state index is 3.85. The summed E-state index contributed by atoms with van der Waals surface area (Å²) in [6.07, 6.45) is 7.16. The van der Waals surface area contributed by atoms with Gasteiger partial charge in [-0.2, -0.15) is 0 Å². The van der Waals surface area contributed by atoms with Crippen molar-refractivity contribution in [3.05, 3.63) is 48.0 Å². The summed E-state index contributed by atoms with van der Waals surface area (Å²) >= 11 is 2.13. The van der Waals surface area contributed by atoms with Crippen LogP contribution in [-0.2, 0) is 0 Å². The van der Waals surface area contributed by atoms with Gasteiger partial charge in [-0.25, -0.2) is 0 Å². The molecule has 0 aromatic heterocycles. The zero-order chi connectivity index (χ0) is 14.1. The maximum absolute atomic E-state index is 3.85. The predicted octanol–water partition coefficient (Wildman–Crippen LogP) is 5.13. The standard InChI is InChI=1S/C19H23NS/c1-4-11-19(12-5-1)13-20-18(21-14-19)17-10-6-8-15-7-2-3-9-16(15)17/h2-3,6-10,18,20H,1,4-5,11-14H2. The number of rotatable bonds is 1. The Morgan fingerprint density at radius 3 is 2.57 bits per heavy atom. The number of fused-ring (bicyclic) bond motifs is 1. The van der Waals surface area contributed by atoms with Crippen LogP contribution in [-0.4, -0.2) is 12.3 Å². The van der Waals surface area contributed by atoms with E-state index in [2.05, 4.69) is 59.5 Å². The van der Waals surface area contributed by atoms with E-state index in [1.165, 1.54) is 60.7 Å². The molecule has 2 aromatic rings. The molecule has 1 nitrogen and oxygen atoms in total. The average Bonchev–Trinajstić information content (AvgIpc) is 2.56. The minimum absolute atomic E-state index is 0.462. The minimum Gasteiger partial charge on any atom is -0.301 e. The van der Waals surface area contributed by atoms with Gasteiger partial charge in [0.25, 0.3) is 0 Å². The summed E-state index contributed by atoms with van der Waals surface area (Å²) in [5, 5.41) is 7.08. The molecular weight excluding hydrogens is 274 g/mol. The van der Waals surface area contributed by atoms with Crippen LogP contribution < -0.4 is 5.32 Å². The van der Waals surface area contributed by atoms with Crippen LogP contribution in [0.4, 0.5) is 0 Å². The Labute approximate surface area is 131 Å². The van der Waals surface area contributed by atoms with Crippen LogP contribution in [0, 0.1) is 5.41 Å². The zero-order valence-electron chi connectivity index (χ0n) is 12.5. The maximum Gasteiger partial charge on any atom is 0.0795 e. The quantitative estimate of drug-likeness (QED) is 0.783. The Hall–Kier alpha value is -0.990. The molecule has 4 rings (SSSR count). The van der Waals surface area contributed by atoms with Crippen molar-refractivity contribution in [3.63, 3.8) is 0 Å². The fourth-order valence-electron chi connectivity index (χ4n) is 3.98. The number of hydrogen-bond acceptors (Lipinski definition) is 2. The molecule has 1 N–H and O–H groups in total. The van der Waals surface area contributed by atoms with Crippen molar-refractivity contribution in [3.8, 4) is 0 Å². The van der Waals surface area contributed by atoms with Crippen molar-refractivity contribution in [1.82, 2.24) is 5.32 Å². The molecule has 2 aliphatic rings. The van der Waals surface area contributed by atoms with Crippen molar-refractivity contribution in [2.45, 2.75) is 37.5 Å². The van der Waals surface area contributed by atoms with E-state index in [9.17, 15) is 0 Å². The van der Waals surface area contributed by atoms with Gasteiger partial charge in [-0.15, -0.1) is 11.8 Å². The Morgan fingerprint density at radius 1 is 0.952 bits per heavy atom. The molecule has 0 amide bonds. The van der Waals surface area contributed by atoms with Gasteiger partial charge in [0.2, 0.25) is 0 Å². The minimum atomic E-state index is 0.462. The van der Waals surface area contributed by atoms with Gasteiger partial charge in [0.1, 0.15) is 0 Å². The highest BCUT2D eigenvalue weighted by atomic mass is 32.2. The molecule has 1 saturated heterocycles. The third-order valence-corrected chi connectivity index (χ3v) is 6.77. The van der Waals surface area contributed by atoms with Gasteiger partial charge in [-0.1, -0.05) is 61.7 Å². The second kappa shape index (κ2) is 5.66. The molecule has 110 valence electrons. The van der Waals surface area contributed by atoms with Crippen LogP contribution in [0.15, 0.2) is 42.5 Å². The van der Waals surface area contributed by atoms with Crippen LogP contribution >= 0.6 is 11.8 Å². The summed E-state index contributed by atoms with van der Waals surface area (Å²) < 4.78 is 0. The van der Waals surface area contributed by atoms with E-state index in [-0.39, 0.29) is 0 Å². The lowest BCUT2D eigenvalue weighted by atomic mass is 9.75. The number of benzene rings is 2. The first-order valence-electron chi connectivity index (χ1n) is 8.19. The molecule has 1 aliphatic carbocycles. The summed E-state index contributed by atoms with van der Waals surface area (Å²) in [7, 11) is 0. The van der Waals surface area contributed by atoms with Gasteiger partial charge >= 0.3 is 0 Å². The van der Waals surface area contributed by atoms with E-state index in [0.29, 0.717) is 10.8 Å². The molecule has 0 radical (unpaired) electrons. The van der Waals surface area contributed by atoms with Crippen molar-refractivity contribution >= 4 is 22.5 Å². The van der Waals surface area contributed by atoms with E-state index in [1.807, 2.05) is 0 Å². The Kier molecular flexibility index (Phi) is 3.68. The number of hydrogen-bond donors (Lipinski definition) is 1. The second-order valence-corrected chi connectivity index (χ2v) is 7.79. The van der Waals surface area contributed by atoms with Crippen molar-refractivity contribution in [2.24, 2.45) is 5.41 Å². The molecule has 0 bridgehead atoms. The lowest BCUT2D eigenvalue weighted by Crippen LogP contribution is -2.43. The highest BCUT2D eigenvalue weighted by molar-refractivity contribution is 7.99. The Balaban J connectivity index is 1.57. The summed E-state index contributed by atoms with van der Waals surface area (Å²) in [5.41, 5.74) is 2.05. The Bertz CT molecular complexity index is 615. The van der Waals surface area contributed by atoms with Crippen LogP contribution in [0.1, 0.15) is 43.0 Å². The van der Waals surface area contributed by atoms with E-state index in [4.69, 9.17) is 0 Å². The molecule has 2 aromatic carbocycles. The average molecular weight is 297 g/mol. The molecule has 1 aliphatic heterocycles. The van der Waals surface area contributed by atoms with Crippen LogP contribution in [0.3, 0.4) is 0 Å². The number of thioether (sulfide) groups is 1. The van der Waals surface area contributed by atoms with Gasteiger partial charge in [0, 0.05) is 12.3 Å². The van der Waals surface area contributed by atoms with Gasteiger partial charge in [0.15, 0.2) is 0 Å². The van der Waals surface area contributed by atoms with E-state index in [1.54, 1.807) is 0 Å². The van der Waals surface area contributed by atoms with Crippen LogP contribution in [0.5, 0.6) is 0 Å². The molecule has 21 heavy (non-hydrogen) atoms. The lowest BCUT2D eigenvalue weighted by Gasteiger charge is -2.43. The topological polar surface area (TPSA) is 12.0 Å². The second-order valence-electron chi connectivity index (χ2n) is 6.70. The van der Waals surface area contributed by atoms with Gasteiger partial charge in [-0.05, 0) is 34.6 Å². The molecule has 1 heterocycles. The third-order valence-electron chi connectivity index (χ3n) is 5.24. The molecule has 1 saturated carbocycles. The molecule has 2 fully saturated rings. The monoisotopic (exact) mass is 297 g/mol. The fourth-order valence-corrected chi connectivity index (χ4v) is 5.48. The van der Waals surface area contributed by atoms with E-state index in [0.717, 1.165) is 0 Å². The molecule has 2 heteroatoms. The summed E-state index contributed by atoms with van der Waals surface area (Å²) in [4.78, 5) is 0. The van der Waals surface area contributed by atoms with E-state index >= 15 is 0 Å². The van der Waals surface area contributed by atoms with Gasteiger partial charge in [0.05, 0.1) is 5.37 Å². The summed E-state index contributed by atoms with van der Waals surface area (Å²) in [6.45, 7) is 1.20. The van der Waals surface area contributed by atoms with Gasteiger partial charge < -0.3 is 5.32 Å². The first kappa shape index (κ1) is 13.7. The van der Waals surface area contributed by atoms with Crippen molar-refractivity contribution in [1.29, 1.82) is 0 Å². The molecule has 1 atom stereocenters. The Morgan fingerprint density at radius 2 is 1.76 bits per heavy atom. The summed E-state index contributed by atoms with van der Waals surface area (Å²) in [5.74, 6) is 1.33. The SMILES string of the molecule is c1ccc2c(C3NCC4(CCCCC4)CS3)cccc2c1. The van der Waals surface area contributed by atoms with Crippen molar-refractivity contribution in [2.75, 3.05) is 12.3 Å².